The summed E-state index contributed by atoms with van der Waals surface area (Å²) in [6.45, 7) is 4.33. The van der Waals surface area contributed by atoms with E-state index in [2.05, 4.69) is 18.4 Å². The van der Waals surface area contributed by atoms with Crippen LogP contribution in [0, 0.1) is 0 Å². The van der Waals surface area contributed by atoms with E-state index in [1.165, 1.54) is 12.8 Å². The molecule has 1 aromatic heterocycles. The number of hydrogen-bond donors (Lipinski definition) is 1. The van der Waals surface area contributed by atoms with Crippen molar-refractivity contribution >= 4 is 17.0 Å². The third-order valence-corrected chi connectivity index (χ3v) is 3.60. The van der Waals surface area contributed by atoms with Crippen molar-refractivity contribution in [1.82, 2.24) is 9.55 Å². The van der Waals surface area contributed by atoms with Crippen LogP contribution in [0.25, 0.3) is 11.0 Å². The van der Waals surface area contributed by atoms with Crippen LogP contribution >= 0.6 is 0 Å². The number of benzene rings is 1. The van der Waals surface area contributed by atoms with E-state index in [9.17, 15) is 4.79 Å². The highest BCUT2D eigenvalue weighted by Gasteiger charge is 2.30. The number of carbonyl (C=O) groups is 1. The van der Waals surface area contributed by atoms with Gasteiger partial charge in [-0.3, -0.25) is 4.79 Å². The zero-order chi connectivity index (χ0) is 13.6. The minimum Gasteiger partial charge on any atom is -0.481 e. The number of aromatic nitrogens is 2. The van der Waals surface area contributed by atoms with E-state index in [-0.39, 0.29) is 6.42 Å². The van der Waals surface area contributed by atoms with Crippen molar-refractivity contribution in [3.63, 3.8) is 0 Å². The first-order valence-corrected chi connectivity index (χ1v) is 6.79. The van der Waals surface area contributed by atoms with Gasteiger partial charge in [0.05, 0.1) is 17.5 Å². The minimum atomic E-state index is -0.801. The number of rotatable bonds is 4. The molecule has 1 N–H and O–H groups in total. The van der Waals surface area contributed by atoms with Crippen LogP contribution in [0.1, 0.15) is 50.0 Å². The quantitative estimate of drug-likeness (QED) is 0.916. The van der Waals surface area contributed by atoms with Gasteiger partial charge in [-0.2, -0.15) is 0 Å². The molecule has 0 unspecified atom stereocenters. The first-order chi connectivity index (χ1) is 9.06. The lowest BCUT2D eigenvalue weighted by Gasteiger charge is -2.12. The van der Waals surface area contributed by atoms with Crippen LogP contribution in [0.4, 0.5) is 0 Å². The SMILES string of the molecule is CC(C)n1c(C2CC2)nc2cc(CC(=O)O)ccc21. The lowest BCUT2D eigenvalue weighted by Crippen LogP contribution is -2.05. The molecular formula is C15H18N2O2. The molecule has 1 aromatic carbocycles. The number of imidazole rings is 1. The van der Waals surface area contributed by atoms with Gasteiger partial charge in [-0.25, -0.2) is 4.98 Å². The maximum atomic E-state index is 10.8. The van der Waals surface area contributed by atoms with Gasteiger partial charge in [-0.15, -0.1) is 0 Å². The number of carboxylic acids is 1. The van der Waals surface area contributed by atoms with Crippen molar-refractivity contribution in [2.75, 3.05) is 0 Å². The first kappa shape index (κ1) is 12.2. The summed E-state index contributed by atoms with van der Waals surface area (Å²) in [5, 5.41) is 8.86. The Morgan fingerprint density at radius 1 is 1.47 bits per heavy atom. The zero-order valence-electron chi connectivity index (χ0n) is 11.3. The Hall–Kier alpha value is -1.84. The Kier molecular flexibility index (Phi) is 2.81. The van der Waals surface area contributed by atoms with E-state index in [0.717, 1.165) is 22.4 Å². The average Bonchev–Trinajstić information content (AvgIpc) is 3.08. The van der Waals surface area contributed by atoms with Gasteiger partial charge in [0.1, 0.15) is 5.82 Å². The molecule has 0 atom stereocenters. The molecule has 0 amide bonds. The van der Waals surface area contributed by atoms with E-state index in [4.69, 9.17) is 10.1 Å². The third-order valence-electron chi connectivity index (χ3n) is 3.60. The second kappa shape index (κ2) is 4.37. The van der Waals surface area contributed by atoms with Gasteiger partial charge in [0.2, 0.25) is 0 Å². The number of carboxylic acid groups (broad SMARTS) is 1. The summed E-state index contributed by atoms with van der Waals surface area (Å²) in [4.78, 5) is 15.5. The Morgan fingerprint density at radius 3 is 2.79 bits per heavy atom. The van der Waals surface area contributed by atoms with Crippen LogP contribution in [-0.4, -0.2) is 20.6 Å². The van der Waals surface area contributed by atoms with E-state index < -0.39 is 5.97 Å². The van der Waals surface area contributed by atoms with E-state index in [1.807, 2.05) is 18.2 Å². The number of fused-ring (bicyclic) bond motifs is 1. The van der Waals surface area contributed by atoms with Gasteiger partial charge in [-0.1, -0.05) is 6.07 Å². The molecule has 1 fully saturated rings. The van der Waals surface area contributed by atoms with Gasteiger partial charge < -0.3 is 9.67 Å². The van der Waals surface area contributed by atoms with Crippen molar-refractivity contribution in [3.05, 3.63) is 29.6 Å². The van der Waals surface area contributed by atoms with Crippen LogP contribution in [0.15, 0.2) is 18.2 Å². The Morgan fingerprint density at radius 2 is 2.21 bits per heavy atom. The first-order valence-electron chi connectivity index (χ1n) is 6.79. The molecule has 1 heterocycles. The highest BCUT2D eigenvalue weighted by Crippen LogP contribution is 2.41. The average molecular weight is 258 g/mol. The van der Waals surface area contributed by atoms with E-state index in [1.54, 1.807) is 0 Å². The molecule has 2 aromatic rings. The lowest BCUT2D eigenvalue weighted by atomic mass is 10.1. The lowest BCUT2D eigenvalue weighted by molar-refractivity contribution is -0.136. The summed E-state index contributed by atoms with van der Waals surface area (Å²) in [5.41, 5.74) is 2.86. The molecule has 0 spiro atoms. The Bertz CT molecular complexity index is 639. The molecular weight excluding hydrogens is 240 g/mol. The summed E-state index contributed by atoms with van der Waals surface area (Å²) in [6, 6.07) is 6.19. The summed E-state index contributed by atoms with van der Waals surface area (Å²) in [6.07, 6.45) is 2.50. The summed E-state index contributed by atoms with van der Waals surface area (Å²) >= 11 is 0. The second-order valence-corrected chi connectivity index (χ2v) is 5.60. The van der Waals surface area contributed by atoms with Crippen LogP contribution < -0.4 is 0 Å². The zero-order valence-corrected chi connectivity index (χ0v) is 11.3. The summed E-state index contributed by atoms with van der Waals surface area (Å²) in [7, 11) is 0. The molecule has 1 aliphatic carbocycles. The molecule has 0 bridgehead atoms. The highest BCUT2D eigenvalue weighted by molar-refractivity contribution is 5.79. The normalized spacial score (nSPS) is 15.3. The Labute approximate surface area is 112 Å². The Balaban J connectivity index is 2.11. The maximum Gasteiger partial charge on any atom is 0.307 e. The van der Waals surface area contributed by atoms with E-state index >= 15 is 0 Å². The smallest absolute Gasteiger partial charge is 0.307 e. The molecule has 0 aliphatic heterocycles. The van der Waals surface area contributed by atoms with Crippen molar-refractivity contribution in [1.29, 1.82) is 0 Å². The molecule has 0 saturated heterocycles. The fraction of sp³-hybridized carbons (Fsp3) is 0.467. The van der Waals surface area contributed by atoms with E-state index in [0.29, 0.717) is 12.0 Å². The van der Waals surface area contributed by atoms with Crippen LogP contribution in [0.5, 0.6) is 0 Å². The second-order valence-electron chi connectivity index (χ2n) is 5.60. The highest BCUT2D eigenvalue weighted by atomic mass is 16.4. The number of aliphatic carboxylic acids is 1. The molecule has 0 radical (unpaired) electrons. The number of hydrogen-bond acceptors (Lipinski definition) is 2. The van der Waals surface area contributed by atoms with Crippen LogP contribution in [-0.2, 0) is 11.2 Å². The molecule has 3 rings (SSSR count). The largest absolute Gasteiger partial charge is 0.481 e. The maximum absolute atomic E-state index is 10.8. The molecule has 4 heteroatoms. The van der Waals surface area contributed by atoms with Gasteiger partial charge in [0.25, 0.3) is 0 Å². The number of nitrogens with zero attached hydrogens (tertiary/aromatic N) is 2. The minimum absolute atomic E-state index is 0.0588. The van der Waals surface area contributed by atoms with Gasteiger partial charge in [0, 0.05) is 12.0 Å². The predicted octanol–water partition coefficient (Wildman–Crippen LogP) is 3.12. The standard InChI is InChI=1S/C15H18N2O2/c1-9(2)17-13-6-3-10(8-14(18)19)7-12(13)16-15(17)11-4-5-11/h3,6-7,9,11H,4-5,8H2,1-2H3,(H,18,19). The fourth-order valence-electron chi connectivity index (χ4n) is 2.62. The summed E-state index contributed by atoms with van der Waals surface area (Å²) < 4.78 is 2.29. The van der Waals surface area contributed by atoms with Crippen LogP contribution in [0.2, 0.25) is 0 Å². The van der Waals surface area contributed by atoms with Crippen molar-refractivity contribution in [2.24, 2.45) is 0 Å². The molecule has 100 valence electrons. The molecule has 4 nitrogen and oxygen atoms in total. The summed E-state index contributed by atoms with van der Waals surface area (Å²) in [5.74, 6) is 0.959. The molecule has 1 saturated carbocycles. The third kappa shape index (κ3) is 2.23. The molecule has 1 aliphatic rings. The van der Waals surface area contributed by atoms with Crippen molar-refractivity contribution < 1.29 is 9.90 Å². The topological polar surface area (TPSA) is 55.1 Å². The predicted molar refractivity (Wildman–Crippen MR) is 73.4 cm³/mol. The molecule has 19 heavy (non-hydrogen) atoms. The van der Waals surface area contributed by atoms with Gasteiger partial charge in [0.15, 0.2) is 0 Å². The van der Waals surface area contributed by atoms with Gasteiger partial charge >= 0.3 is 5.97 Å². The van der Waals surface area contributed by atoms with Crippen molar-refractivity contribution in [3.8, 4) is 0 Å². The monoisotopic (exact) mass is 258 g/mol. The van der Waals surface area contributed by atoms with Gasteiger partial charge in [-0.05, 0) is 44.4 Å². The fourth-order valence-corrected chi connectivity index (χ4v) is 2.62. The van der Waals surface area contributed by atoms with Crippen molar-refractivity contribution in [2.45, 2.75) is 45.1 Å². The van der Waals surface area contributed by atoms with Crippen LogP contribution in [0.3, 0.4) is 0 Å².